The third kappa shape index (κ3) is 5.70. The molecule has 1 aromatic carbocycles. The summed E-state index contributed by atoms with van der Waals surface area (Å²) >= 11 is 2.74. The van der Waals surface area contributed by atoms with Crippen molar-refractivity contribution in [1.82, 2.24) is 19.7 Å². The maximum absolute atomic E-state index is 12.8. The molecule has 1 saturated carbocycles. The number of halogens is 4. The van der Waals surface area contributed by atoms with E-state index in [2.05, 4.69) is 15.1 Å². The van der Waals surface area contributed by atoms with Crippen molar-refractivity contribution in [2.45, 2.75) is 43.4 Å². The molecule has 2 atom stereocenters. The van der Waals surface area contributed by atoms with Crippen LogP contribution in [0.4, 0.5) is 13.2 Å². The number of nitrogens with zero attached hydrogens (tertiary/aromatic N) is 4. The lowest BCUT2D eigenvalue weighted by atomic mass is 9.97. The van der Waals surface area contributed by atoms with E-state index < -0.39 is 11.7 Å². The summed E-state index contributed by atoms with van der Waals surface area (Å²) < 4.78 is 40.4. The SMILES string of the molecule is C/C(N)=C(/SN)c1nnc(SCCCN2CCC3(CC3c3ccc(C(F)(F)F)cc3)C2)n1C.Cl. The van der Waals surface area contributed by atoms with Crippen LogP contribution in [0.15, 0.2) is 35.1 Å². The Morgan fingerprint density at radius 2 is 1.94 bits per heavy atom. The van der Waals surface area contributed by atoms with Gasteiger partial charge in [-0.2, -0.15) is 13.2 Å². The van der Waals surface area contributed by atoms with Gasteiger partial charge in [0.2, 0.25) is 0 Å². The normalized spacial score (nSPS) is 23.2. The lowest BCUT2D eigenvalue weighted by Crippen LogP contribution is -2.23. The van der Waals surface area contributed by atoms with Crippen LogP contribution in [-0.4, -0.2) is 45.1 Å². The average Bonchev–Trinajstić information content (AvgIpc) is 3.13. The minimum atomic E-state index is -4.28. The molecule has 2 aliphatic rings. The molecule has 2 fully saturated rings. The van der Waals surface area contributed by atoms with Gasteiger partial charge in [-0.25, -0.2) is 0 Å². The molecule has 0 amide bonds. The van der Waals surface area contributed by atoms with Gasteiger partial charge in [0.25, 0.3) is 0 Å². The van der Waals surface area contributed by atoms with Crippen molar-refractivity contribution < 1.29 is 13.2 Å². The summed E-state index contributed by atoms with van der Waals surface area (Å²) in [5.41, 5.74) is 7.21. The molecule has 2 aromatic rings. The number of rotatable bonds is 8. The Balaban J connectivity index is 0.00000324. The molecule has 1 aliphatic heterocycles. The second-order valence-corrected chi connectivity index (χ2v) is 10.7. The molecule has 188 valence electrons. The lowest BCUT2D eigenvalue weighted by Gasteiger charge is -2.16. The van der Waals surface area contributed by atoms with E-state index in [9.17, 15) is 13.2 Å². The molecule has 12 heteroatoms. The summed E-state index contributed by atoms with van der Waals surface area (Å²) in [7, 11) is 1.91. The summed E-state index contributed by atoms with van der Waals surface area (Å²) in [6.07, 6.45) is -1.07. The molecule has 2 heterocycles. The second kappa shape index (κ2) is 10.7. The molecule has 1 aromatic heterocycles. The first-order valence-corrected chi connectivity index (χ1v) is 12.8. The van der Waals surface area contributed by atoms with Gasteiger partial charge in [0.1, 0.15) is 0 Å². The molecule has 0 radical (unpaired) electrons. The Hall–Kier alpha value is -1.40. The van der Waals surface area contributed by atoms with Crippen LogP contribution in [0.3, 0.4) is 0 Å². The van der Waals surface area contributed by atoms with E-state index in [1.165, 1.54) is 12.1 Å². The number of hydrogen-bond donors (Lipinski definition) is 2. The van der Waals surface area contributed by atoms with Gasteiger partial charge in [-0.3, -0.25) is 5.14 Å². The van der Waals surface area contributed by atoms with Crippen LogP contribution in [0.1, 0.15) is 49.1 Å². The van der Waals surface area contributed by atoms with Gasteiger partial charge in [0.05, 0.1) is 10.5 Å². The quantitative estimate of drug-likeness (QED) is 0.284. The lowest BCUT2D eigenvalue weighted by molar-refractivity contribution is -0.137. The molecular formula is C22H30ClF3N6S2. The Morgan fingerprint density at radius 3 is 2.56 bits per heavy atom. The number of nitrogens with two attached hydrogens (primary N) is 2. The summed E-state index contributed by atoms with van der Waals surface area (Å²) in [5, 5.41) is 15.0. The summed E-state index contributed by atoms with van der Waals surface area (Å²) in [6.45, 7) is 4.87. The Morgan fingerprint density at radius 1 is 1.24 bits per heavy atom. The Labute approximate surface area is 212 Å². The van der Waals surface area contributed by atoms with E-state index in [1.807, 2.05) is 11.6 Å². The first-order valence-electron chi connectivity index (χ1n) is 10.9. The van der Waals surface area contributed by atoms with Crippen LogP contribution >= 0.6 is 36.1 Å². The molecule has 34 heavy (non-hydrogen) atoms. The molecule has 4 N–H and O–H groups in total. The smallest absolute Gasteiger partial charge is 0.401 e. The van der Waals surface area contributed by atoms with Gasteiger partial charge in [-0.15, -0.1) is 22.6 Å². The van der Waals surface area contributed by atoms with Crippen LogP contribution in [-0.2, 0) is 13.2 Å². The molecule has 4 rings (SSSR count). The molecular weight excluding hydrogens is 505 g/mol. The van der Waals surface area contributed by atoms with Crippen molar-refractivity contribution in [3.8, 4) is 0 Å². The monoisotopic (exact) mass is 534 g/mol. The Bertz CT molecular complexity index is 1020. The van der Waals surface area contributed by atoms with Crippen molar-refractivity contribution in [3.05, 3.63) is 46.9 Å². The number of thioether (sulfide) groups is 1. The molecule has 6 nitrogen and oxygen atoms in total. The minimum absolute atomic E-state index is 0. The number of allylic oxidation sites excluding steroid dienone is 1. The van der Waals surface area contributed by atoms with Crippen molar-refractivity contribution in [3.63, 3.8) is 0 Å². The highest BCUT2D eigenvalue weighted by Crippen LogP contribution is 2.64. The highest BCUT2D eigenvalue weighted by molar-refractivity contribution is 8.06. The van der Waals surface area contributed by atoms with Gasteiger partial charge in [-0.05, 0) is 80.3 Å². The van der Waals surface area contributed by atoms with Gasteiger partial charge in [-0.1, -0.05) is 23.9 Å². The maximum Gasteiger partial charge on any atom is 0.416 e. The number of benzene rings is 1. The fourth-order valence-corrected chi connectivity index (χ4v) is 6.07. The van der Waals surface area contributed by atoms with Crippen molar-refractivity contribution >= 4 is 41.0 Å². The van der Waals surface area contributed by atoms with Gasteiger partial charge in [0.15, 0.2) is 11.0 Å². The number of likely N-dealkylation sites (tertiary alicyclic amines) is 1. The highest BCUT2D eigenvalue weighted by atomic mass is 35.5. The van der Waals surface area contributed by atoms with Crippen molar-refractivity contribution in [2.75, 3.05) is 25.4 Å². The average molecular weight is 535 g/mol. The van der Waals surface area contributed by atoms with Crippen molar-refractivity contribution in [2.24, 2.45) is 23.3 Å². The van der Waals surface area contributed by atoms with Gasteiger partial charge >= 0.3 is 6.18 Å². The van der Waals surface area contributed by atoms with Crippen LogP contribution in [0.25, 0.3) is 4.91 Å². The van der Waals surface area contributed by atoms with Crippen molar-refractivity contribution in [1.29, 1.82) is 0 Å². The first-order chi connectivity index (χ1) is 15.6. The summed E-state index contributed by atoms with van der Waals surface area (Å²) in [4.78, 5) is 3.21. The van der Waals surface area contributed by atoms with E-state index in [1.54, 1.807) is 30.8 Å². The molecule has 1 spiro atoms. The van der Waals surface area contributed by atoms with Crippen LogP contribution in [0.5, 0.6) is 0 Å². The van der Waals surface area contributed by atoms with Gasteiger partial charge < -0.3 is 15.2 Å². The fraction of sp³-hybridized carbons (Fsp3) is 0.545. The predicted octanol–water partition coefficient (Wildman–Crippen LogP) is 4.87. The molecule has 1 aliphatic carbocycles. The topological polar surface area (TPSA) is 86.0 Å². The number of hydrogen-bond acceptors (Lipinski definition) is 7. The van der Waals surface area contributed by atoms with E-state index in [0.29, 0.717) is 17.4 Å². The third-order valence-electron chi connectivity index (χ3n) is 6.66. The van der Waals surface area contributed by atoms with Gasteiger partial charge in [0, 0.05) is 25.0 Å². The fourth-order valence-electron chi connectivity index (χ4n) is 4.76. The maximum atomic E-state index is 12.8. The van der Waals surface area contributed by atoms with Crippen LogP contribution in [0.2, 0.25) is 0 Å². The standard InChI is InChI=1S/C22H29F3N6S2.ClH/c1-14(26)18(33-27)19-28-29-20(30(19)2)32-11-3-9-31-10-8-21(13-31)12-17(21)15-4-6-16(7-5-15)22(23,24)25;/h4-7,17H,3,8-13,26-27H2,1-2H3;1H/b18-14-;. The summed E-state index contributed by atoms with van der Waals surface area (Å²) in [5.74, 6) is 1.98. The van der Waals surface area contributed by atoms with Crippen LogP contribution < -0.4 is 10.9 Å². The largest absolute Gasteiger partial charge is 0.416 e. The zero-order valence-electron chi connectivity index (χ0n) is 19.1. The predicted molar refractivity (Wildman–Crippen MR) is 134 cm³/mol. The molecule has 2 unspecified atom stereocenters. The van der Waals surface area contributed by atoms with E-state index >= 15 is 0 Å². The zero-order chi connectivity index (χ0) is 23.8. The van der Waals surface area contributed by atoms with Crippen LogP contribution in [0, 0.1) is 5.41 Å². The van der Waals surface area contributed by atoms with E-state index in [4.69, 9.17) is 10.9 Å². The zero-order valence-corrected chi connectivity index (χ0v) is 21.6. The highest BCUT2D eigenvalue weighted by Gasteiger charge is 2.57. The summed E-state index contributed by atoms with van der Waals surface area (Å²) in [6, 6.07) is 5.74. The molecule has 1 saturated heterocycles. The Kier molecular flexibility index (Phi) is 8.55. The number of alkyl halides is 3. The first kappa shape index (κ1) is 27.2. The molecule has 0 bridgehead atoms. The third-order valence-corrected chi connectivity index (χ3v) is 8.51. The van der Waals surface area contributed by atoms with E-state index in [-0.39, 0.29) is 17.8 Å². The second-order valence-electron chi connectivity index (χ2n) is 8.96. The van der Waals surface area contributed by atoms with E-state index in [0.717, 1.165) is 72.2 Å². The number of aromatic nitrogens is 3. The minimum Gasteiger partial charge on any atom is -0.401 e.